The molecule has 2 aromatic rings. The summed E-state index contributed by atoms with van der Waals surface area (Å²) < 4.78 is 0. The average molecular weight is 458 g/mol. The second-order valence-corrected chi connectivity index (χ2v) is 6.63. The van der Waals surface area contributed by atoms with Crippen molar-refractivity contribution in [1.82, 2.24) is 15.6 Å². The molecular formula is C18H27IN4S. The molecule has 0 spiro atoms. The Kier molecular flexibility index (Phi) is 9.94. The van der Waals surface area contributed by atoms with Gasteiger partial charge in [0.2, 0.25) is 0 Å². The lowest BCUT2D eigenvalue weighted by Crippen LogP contribution is -2.38. The summed E-state index contributed by atoms with van der Waals surface area (Å²) in [5.41, 5.74) is 2.50. The zero-order valence-electron chi connectivity index (χ0n) is 14.6. The van der Waals surface area contributed by atoms with Crippen LogP contribution in [0.4, 0.5) is 0 Å². The van der Waals surface area contributed by atoms with Gasteiger partial charge in [-0.3, -0.25) is 0 Å². The van der Waals surface area contributed by atoms with Crippen LogP contribution in [-0.4, -0.2) is 24.0 Å². The van der Waals surface area contributed by atoms with Crippen LogP contribution in [0.3, 0.4) is 0 Å². The first-order valence-electron chi connectivity index (χ1n) is 8.22. The van der Waals surface area contributed by atoms with Crippen molar-refractivity contribution in [3.8, 4) is 0 Å². The molecule has 6 heteroatoms. The number of nitrogens with one attached hydrogen (secondary N) is 2. The van der Waals surface area contributed by atoms with Gasteiger partial charge in [-0.05, 0) is 25.8 Å². The number of nitrogens with zero attached hydrogens (tertiary/aromatic N) is 2. The third-order valence-electron chi connectivity index (χ3n) is 3.43. The van der Waals surface area contributed by atoms with Crippen molar-refractivity contribution in [3.63, 3.8) is 0 Å². The second-order valence-electron chi connectivity index (χ2n) is 5.43. The fourth-order valence-electron chi connectivity index (χ4n) is 2.24. The zero-order valence-corrected chi connectivity index (χ0v) is 17.8. The number of guanidine groups is 1. The Morgan fingerprint density at radius 2 is 2.08 bits per heavy atom. The molecule has 4 nitrogen and oxygen atoms in total. The third kappa shape index (κ3) is 7.17. The largest absolute Gasteiger partial charge is 0.357 e. The van der Waals surface area contributed by atoms with E-state index in [-0.39, 0.29) is 24.0 Å². The lowest BCUT2D eigenvalue weighted by atomic mass is 10.1. The van der Waals surface area contributed by atoms with Gasteiger partial charge in [0.25, 0.3) is 0 Å². The number of aliphatic imine (C=N–C) groups is 1. The third-order valence-corrected chi connectivity index (χ3v) is 4.63. The molecule has 0 unspecified atom stereocenters. The summed E-state index contributed by atoms with van der Waals surface area (Å²) in [5, 5.41) is 7.86. The lowest BCUT2D eigenvalue weighted by molar-refractivity contribution is 0.796. The van der Waals surface area contributed by atoms with Gasteiger partial charge in [-0.1, -0.05) is 36.8 Å². The van der Waals surface area contributed by atoms with Gasteiger partial charge in [0.05, 0.1) is 11.6 Å². The van der Waals surface area contributed by atoms with Gasteiger partial charge < -0.3 is 10.6 Å². The molecule has 0 atom stereocenters. The minimum absolute atomic E-state index is 0. The minimum Gasteiger partial charge on any atom is -0.357 e. The summed E-state index contributed by atoms with van der Waals surface area (Å²) in [4.78, 5) is 10.5. The minimum atomic E-state index is 0. The summed E-state index contributed by atoms with van der Waals surface area (Å²) in [7, 11) is 0. The Hall–Kier alpha value is -1.15. The normalized spacial score (nSPS) is 11.0. The maximum absolute atomic E-state index is 4.65. The highest BCUT2D eigenvalue weighted by Gasteiger charge is 2.02. The molecule has 1 heterocycles. The fourth-order valence-corrected chi connectivity index (χ4v) is 3.10. The Bertz CT molecular complexity index is 639. The van der Waals surface area contributed by atoms with Crippen LogP contribution in [0.5, 0.6) is 0 Å². The van der Waals surface area contributed by atoms with Crippen molar-refractivity contribution in [2.45, 2.75) is 40.2 Å². The van der Waals surface area contributed by atoms with Crippen molar-refractivity contribution in [2.75, 3.05) is 13.1 Å². The number of halogens is 1. The molecule has 24 heavy (non-hydrogen) atoms. The summed E-state index contributed by atoms with van der Waals surface area (Å²) in [5.74, 6) is 0.862. The van der Waals surface area contributed by atoms with Gasteiger partial charge in [0.15, 0.2) is 5.96 Å². The highest BCUT2D eigenvalue weighted by Crippen LogP contribution is 2.13. The van der Waals surface area contributed by atoms with Crippen LogP contribution in [0.15, 0.2) is 35.5 Å². The van der Waals surface area contributed by atoms with Crippen molar-refractivity contribution in [2.24, 2.45) is 4.99 Å². The van der Waals surface area contributed by atoms with Gasteiger partial charge in [-0.25, -0.2) is 9.98 Å². The SMILES string of the molecule is CCNC(=NCc1cccc(C)c1)NCCc1ncc(CC)s1.I. The molecule has 0 saturated carbocycles. The van der Waals surface area contributed by atoms with Crippen LogP contribution in [0.1, 0.15) is 34.9 Å². The molecule has 1 aromatic heterocycles. The van der Waals surface area contributed by atoms with Crippen molar-refractivity contribution in [3.05, 3.63) is 51.5 Å². The molecule has 2 N–H and O–H groups in total. The molecule has 2 rings (SSSR count). The number of rotatable bonds is 7. The van der Waals surface area contributed by atoms with Crippen LogP contribution in [0.25, 0.3) is 0 Å². The maximum Gasteiger partial charge on any atom is 0.191 e. The van der Waals surface area contributed by atoms with E-state index in [1.165, 1.54) is 21.0 Å². The van der Waals surface area contributed by atoms with Crippen LogP contribution >= 0.6 is 35.3 Å². The van der Waals surface area contributed by atoms with E-state index in [1.807, 2.05) is 6.20 Å². The van der Waals surface area contributed by atoms with Gasteiger partial charge >= 0.3 is 0 Å². The molecule has 132 valence electrons. The Balaban J connectivity index is 0.00000288. The Morgan fingerprint density at radius 3 is 2.75 bits per heavy atom. The summed E-state index contributed by atoms with van der Waals surface area (Å²) in [6.45, 7) is 8.74. The number of aromatic nitrogens is 1. The molecule has 0 amide bonds. The fraction of sp³-hybridized carbons (Fsp3) is 0.444. The quantitative estimate of drug-likeness (QED) is 0.376. The summed E-state index contributed by atoms with van der Waals surface area (Å²) in [6, 6.07) is 8.47. The first-order chi connectivity index (χ1) is 11.2. The molecular weight excluding hydrogens is 431 g/mol. The van der Waals surface area contributed by atoms with Crippen LogP contribution in [-0.2, 0) is 19.4 Å². The highest BCUT2D eigenvalue weighted by atomic mass is 127. The number of thiazole rings is 1. The first-order valence-corrected chi connectivity index (χ1v) is 9.04. The summed E-state index contributed by atoms with van der Waals surface area (Å²) >= 11 is 1.80. The average Bonchev–Trinajstić information content (AvgIpc) is 3.01. The van der Waals surface area contributed by atoms with Gasteiger partial charge in [0.1, 0.15) is 0 Å². The Morgan fingerprint density at radius 1 is 1.25 bits per heavy atom. The van der Waals surface area contributed by atoms with E-state index in [1.54, 1.807) is 11.3 Å². The van der Waals surface area contributed by atoms with E-state index in [9.17, 15) is 0 Å². The number of aryl methyl sites for hydroxylation is 2. The van der Waals surface area contributed by atoms with Crippen LogP contribution in [0, 0.1) is 6.92 Å². The van der Waals surface area contributed by atoms with Crippen molar-refractivity contribution >= 4 is 41.3 Å². The molecule has 0 aliphatic carbocycles. The molecule has 0 aliphatic rings. The molecule has 1 aromatic carbocycles. The van der Waals surface area contributed by atoms with Gasteiger partial charge in [0, 0.05) is 30.6 Å². The van der Waals surface area contributed by atoms with Crippen LogP contribution < -0.4 is 10.6 Å². The predicted octanol–water partition coefficient (Wildman–Crippen LogP) is 3.93. The zero-order chi connectivity index (χ0) is 16.5. The standard InChI is InChI=1S/C18H26N4S.HI/c1-4-16-13-21-17(23-16)9-10-20-18(19-5-2)22-12-15-8-6-7-14(3)11-15;/h6-8,11,13H,4-5,9-10,12H2,1-3H3,(H2,19,20,22);1H. The smallest absolute Gasteiger partial charge is 0.191 e. The van der Waals surface area contributed by atoms with E-state index in [0.717, 1.165) is 31.9 Å². The van der Waals surface area contributed by atoms with Gasteiger partial charge in [-0.15, -0.1) is 35.3 Å². The highest BCUT2D eigenvalue weighted by molar-refractivity contribution is 14.0. The van der Waals surface area contributed by atoms with Crippen LogP contribution in [0.2, 0.25) is 0 Å². The van der Waals surface area contributed by atoms with E-state index in [0.29, 0.717) is 6.54 Å². The monoisotopic (exact) mass is 458 g/mol. The van der Waals surface area contributed by atoms with Crippen molar-refractivity contribution in [1.29, 1.82) is 0 Å². The molecule has 0 saturated heterocycles. The predicted molar refractivity (Wildman–Crippen MR) is 115 cm³/mol. The first kappa shape index (κ1) is 20.9. The second kappa shape index (κ2) is 11.4. The van der Waals surface area contributed by atoms with E-state index >= 15 is 0 Å². The Labute approximate surface area is 166 Å². The maximum atomic E-state index is 4.65. The summed E-state index contributed by atoms with van der Waals surface area (Å²) in [6.07, 6.45) is 3.97. The topological polar surface area (TPSA) is 49.3 Å². The number of hydrogen-bond acceptors (Lipinski definition) is 3. The van der Waals surface area contributed by atoms with Gasteiger partial charge in [-0.2, -0.15) is 0 Å². The van der Waals surface area contributed by atoms with E-state index in [4.69, 9.17) is 0 Å². The number of benzene rings is 1. The molecule has 0 aliphatic heterocycles. The van der Waals surface area contributed by atoms with E-state index in [2.05, 4.69) is 65.6 Å². The molecule has 0 bridgehead atoms. The molecule has 0 fully saturated rings. The molecule has 0 radical (unpaired) electrons. The lowest BCUT2D eigenvalue weighted by Gasteiger charge is -2.10. The van der Waals surface area contributed by atoms with Crippen molar-refractivity contribution < 1.29 is 0 Å². The van der Waals surface area contributed by atoms with E-state index < -0.39 is 0 Å². The number of hydrogen-bond donors (Lipinski definition) is 2.